The second kappa shape index (κ2) is 11.4. The van der Waals surface area contributed by atoms with E-state index < -0.39 is 0 Å². The van der Waals surface area contributed by atoms with Gasteiger partial charge in [-0.25, -0.2) is 0 Å². The van der Waals surface area contributed by atoms with Crippen LogP contribution in [0.5, 0.6) is 0 Å². The lowest BCUT2D eigenvalue weighted by Crippen LogP contribution is -2.30. The van der Waals surface area contributed by atoms with Crippen molar-refractivity contribution < 1.29 is 0 Å². The predicted octanol–water partition coefficient (Wildman–Crippen LogP) is 11.5. The third kappa shape index (κ3) is 4.51. The van der Waals surface area contributed by atoms with Crippen LogP contribution in [0.1, 0.15) is 43.7 Å². The van der Waals surface area contributed by atoms with E-state index in [0.717, 1.165) is 12.8 Å². The van der Waals surface area contributed by atoms with E-state index in [2.05, 4.69) is 193 Å². The highest BCUT2D eigenvalue weighted by molar-refractivity contribution is 6.10. The van der Waals surface area contributed by atoms with Crippen LogP contribution in [0.4, 0.5) is 0 Å². The number of nitrogens with zero attached hydrogens (tertiary/aromatic N) is 2. The molecule has 0 N–H and O–H groups in total. The molecule has 0 aliphatic heterocycles. The van der Waals surface area contributed by atoms with Crippen molar-refractivity contribution in [2.75, 3.05) is 0 Å². The summed E-state index contributed by atoms with van der Waals surface area (Å²) >= 11 is 0. The van der Waals surface area contributed by atoms with Gasteiger partial charge in [-0.05, 0) is 112 Å². The zero-order chi connectivity index (χ0) is 35.3. The molecular formula is C51H40N2. The Morgan fingerprint density at radius 2 is 1.19 bits per heavy atom. The quantitative estimate of drug-likeness (QED) is 0.175. The maximum atomic E-state index is 2.52. The molecule has 0 radical (unpaired) electrons. The number of hydrogen-bond donors (Lipinski definition) is 0. The Hall–Kier alpha value is -6.12. The maximum Gasteiger partial charge on any atom is 0.0541 e. The fourth-order valence-corrected chi connectivity index (χ4v) is 9.85. The molecule has 0 fully saturated rings. The van der Waals surface area contributed by atoms with Crippen molar-refractivity contribution >= 4 is 44.9 Å². The minimum atomic E-state index is 0.0791. The van der Waals surface area contributed by atoms with Gasteiger partial charge in [0.25, 0.3) is 0 Å². The molecule has 2 unspecified atom stereocenters. The first-order chi connectivity index (χ1) is 26.0. The molecule has 53 heavy (non-hydrogen) atoms. The van der Waals surface area contributed by atoms with E-state index in [1.165, 1.54) is 88.0 Å². The standard InChI is InChI=1S/C51H40N2/c1-51(2)45-20-9-6-17-39(45)40-26-25-38(32-46(40)51)53-48-22-11-8-19-42(48)44-31-36(24-28-50(44)53)35-23-27-49-43(30-35)41-18-7-10-21-47(41)52(49)37-16-12-15-34(29-37)33-13-4-3-5-14-33/h3-7,9-10,12-32,39,45H,8,11H2,1-2H3. The van der Waals surface area contributed by atoms with E-state index in [1.807, 2.05) is 0 Å². The molecule has 0 saturated carbocycles. The van der Waals surface area contributed by atoms with Crippen LogP contribution in [0.25, 0.3) is 78.5 Å². The summed E-state index contributed by atoms with van der Waals surface area (Å²) in [7, 11) is 0. The lowest BCUT2D eigenvalue weighted by atomic mass is 9.74. The van der Waals surface area contributed by atoms with E-state index in [4.69, 9.17) is 0 Å². The first kappa shape index (κ1) is 30.5. The second-order valence-corrected chi connectivity index (χ2v) is 15.7. The molecule has 2 aromatic heterocycles. The van der Waals surface area contributed by atoms with Crippen molar-refractivity contribution in [1.82, 2.24) is 9.13 Å². The molecule has 2 atom stereocenters. The molecule has 0 amide bonds. The van der Waals surface area contributed by atoms with Crippen LogP contribution in [0.2, 0.25) is 0 Å². The van der Waals surface area contributed by atoms with Gasteiger partial charge in [0.15, 0.2) is 0 Å². The Labute approximate surface area is 310 Å². The summed E-state index contributed by atoms with van der Waals surface area (Å²) in [6, 6.07) is 49.8. The van der Waals surface area contributed by atoms with E-state index in [0.29, 0.717) is 11.8 Å². The van der Waals surface area contributed by atoms with Crippen molar-refractivity contribution in [1.29, 1.82) is 0 Å². The first-order valence-corrected chi connectivity index (χ1v) is 19.1. The van der Waals surface area contributed by atoms with Crippen LogP contribution in [0.3, 0.4) is 0 Å². The monoisotopic (exact) mass is 680 g/mol. The maximum absolute atomic E-state index is 2.52. The number of aromatic nitrogens is 2. The number of hydrogen-bond acceptors (Lipinski definition) is 0. The highest BCUT2D eigenvalue weighted by atomic mass is 15.0. The van der Waals surface area contributed by atoms with Gasteiger partial charge in [0, 0.05) is 44.0 Å². The van der Waals surface area contributed by atoms with E-state index >= 15 is 0 Å². The first-order valence-electron chi connectivity index (χ1n) is 19.1. The molecule has 0 bridgehead atoms. The Kier molecular flexibility index (Phi) is 6.58. The summed E-state index contributed by atoms with van der Waals surface area (Å²) < 4.78 is 4.94. The van der Waals surface area contributed by atoms with Gasteiger partial charge >= 0.3 is 0 Å². The van der Waals surface area contributed by atoms with Gasteiger partial charge in [-0.15, -0.1) is 0 Å². The zero-order valence-electron chi connectivity index (χ0n) is 30.1. The smallest absolute Gasteiger partial charge is 0.0541 e. The van der Waals surface area contributed by atoms with Crippen LogP contribution < -0.4 is 10.6 Å². The van der Waals surface area contributed by atoms with Crippen LogP contribution in [0.15, 0.2) is 158 Å². The van der Waals surface area contributed by atoms with Gasteiger partial charge in [0.1, 0.15) is 0 Å². The molecule has 2 nitrogen and oxygen atoms in total. The number of allylic oxidation sites excluding steroid dienone is 4. The van der Waals surface area contributed by atoms with Gasteiger partial charge in [-0.3, -0.25) is 0 Å². The topological polar surface area (TPSA) is 9.86 Å². The van der Waals surface area contributed by atoms with Gasteiger partial charge < -0.3 is 9.13 Å². The van der Waals surface area contributed by atoms with E-state index in [9.17, 15) is 0 Å². The highest BCUT2D eigenvalue weighted by Crippen LogP contribution is 2.53. The number of fused-ring (bicyclic) bond motifs is 9. The van der Waals surface area contributed by atoms with Gasteiger partial charge in [0.05, 0.1) is 16.6 Å². The lowest BCUT2D eigenvalue weighted by Gasteiger charge is -2.29. The summed E-state index contributed by atoms with van der Waals surface area (Å²) in [6.45, 7) is 4.85. The Morgan fingerprint density at radius 3 is 2.06 bits per heavy atom. The lowest BCUT2D eigenvalue weighted by molar-refractivity contribution is 0.394. The average Bonchev–Trinajstić information content (AvgIpc) is 3.81. The second-order valence-electron chi connectivity index (χ2n) is 15.7. The highest BCUT2D eigenvalue weighted by Gasteiger charge is 2.44. The van der Waals surface area contributed by atoms with Crippen molar-refractivity contribution in [3.63, 3.8) is 0 Å². The van der Waals surface area contributed by atoms with Crippen LogP contribution >= 0.6 is 0 Å². The molecular weight excluding hydrogens is 641 g/mol. The Morgan fingerprint density at radius 1 is 0.509 bits per heavy atom. The molecule has 254 valence electrons. The van der Waals surface area contributed by atoms with Crippen molar-refractivity contribution in [3.8, 4) is 33.6 Å². The van der Waals surface area contributed by atoms with E-state index in [1.54, 1.807) is 0 Å². The third-order valence-electron chi connectivity index (χ3n) is 12.4. The molecule has 6 aromatic carbocycles. The summed E-state index contributed by atoms with van der Waals surface area (Å²) in [6.07, 6.45) is 16.3. The predicted molar refractivity (Wildman–Crippen MR) is 223 cm³/mol. The average molecular weight is 681 g/mol. The third-order valence-corrected chi connectivity index (χ3v) is 12.4. The van der Waals surface area contributed by atoms with Crippen LogP contribution in [0, 0.1) is 5.92 Å². The summed E-state index contributed by atoms with van der Waals surface area (Å²) in [5, 5.41) is 6.56. The number of rotatable bonds is 4. The minimum absolute atomic E-state index is 0.0791. The molecule has 8 aromatic rings. The largest absolute Gasteiger partial charge is 0.310 e. The van der Waals surface area contributed by atoms with Crippen molar-refractivity contribution in [2.45, 2.75) is 38.0 Å². The summed E-state index contributed by atoms with van der Waals surface area (Å²) in [5.41, 5.74) is 14.1. The summed E-state index contributed by atoms with van der Waals surface area (Å²) in [5.74, 6) is 0.962. The Bertz CT molecular complexity index is 2980. The minimum Gasteiger partial charge on any atom is -0.310 e. The normalized spacial score (nSPS) is 18.2. The molecule has 2 heteroatoms. The molecule has 3 aliphatic rings. The van der Waals surface area contributed by atoms with Gasteiger partial charge in [-0.1, -0.05) is 129 Å². The Balaban J connectivity index is 1.05. The summed E-state index contributed by atoms with van der Waals surface area (Å²) in [4.78, 5) is 0. The molecule has 3 aliphatic carbocycles. The van der Waals surface area contributed by atoms with Crippen LogP contribution in [-0.4, -0.2) is 9.13 Å². The fraction of sp³-hybridized carbons (Fsp3) is 0.137. The van der Waals surface area contributed by atoms with Crippen molar-refractivity contribution in [2.24, 2.45) is 5.92 Å². The number of benzene rings is 6. The zero-order valence-corrected chi connectivity index (χ0v) is 30.1. The molecule has 0 spiro atoms. The van der Waals surface area contributed by atoms with Gasteiger partial charge in [-0.2, -0.15) is 0 Å². The molecule has 0 saturated heterocycles. The fourth-order valence-electron chi connectivity index (χ4n) is 9.85. The van der Waals surface area contributed by atoms with E-state index in [-0.39, 0.29) is 5.41 Å². The van der Waals surface area contributed by atoms with Gasteiger partial charge in [0.2, 0.25) is 0 Å². The van der Waals surface area contributed by atoms with Crippen LogP contribution in [-0.2, 0) is 5.41 Å². The molecule has 11 rings (SSSR count). The van der Waals surface area contributed by atoms with Crippen molar-refractivity contribution in [3.05, 3.63) is 179 Å². The number of para-hydroxylation sites is 1. The molecule has 2 heterocycles. The SMILES string of the molecule is CC1(C)c2cc(-n3c4c(c5cc(-c6ccc7c(c6)c6ccccc6n7-c6cccc(-c7ccccc7)c6)ccc53)=CCCC=4)ccc2C2C=CC=CC21.